The first-order chi connectivity index (χ1) is 21.3. The monoisotopic (exact) mass is 697 g/mol. The fourth-order valence-corrected chi connectivity index (χ4v) is 7.33. The molecule has 0 spiro atoms. The van der Waals surface area contributed by atoms with Gasteiger partial charge in [0.15, 0.2) is 47.1 Å². The lowest BCUT2D eigenvalue weighted by Gasteiger charge is -2.26. The molecule has 27 heteroatoms. The van der Waals surface area contributed by atoms with Crippen molar-refractivity contribution in [2.45, 2.75) is 49.2 Å². The number of hydrogen-bond donors (Lipinski definition) is 5. The number of nitrogen functional groups attached to an aromatic ring is 1. The Hall–Kier alpha value is -3.22. The number of alkyl halides is 2. The minimum atomic E-state index is -5.21. The summed E-state index contributed by atoms with van der Waals surface area (Å²) < 4.78 is 78.3. The zero-order chi connectivity index (χ0) is 31.8. The van der Waals surface area contributed by atoms with Crippen LogP contribution in [-0.4, -0.2) is 110 Å². The Kier molecular flexibility index (Phi) is 7.40. The van der Waals surface area contributed by atoms with Crippen molar-refractivity contribution in [3.63, 3.8) is 0 Å². The van der Waals surface area contributed by atoms with E-state index in [1.807, 2.05) is 0 Å². The normalized spacial score (nSPS) is 37.7. The van der Waals surface area contributed by atoms with Crippen molar-refractivity contribution < 1.29 is 50.7 Å². The molecule has 3 saturated heterocycles. The van der Waals surface area contributed by atoms with Gasteiger partial charge in [-0.2, -0.15) is 14.3 Å². The van der Waals surface area contributed by atoms with Crippen molar-refractivity contribution in [1.29, 1.82) is 0 Å². The van der Waals surface area contributed by atoms with Crippen LogP contribution < -0.4 is 16.9 Å². The molecule has 242 valence electrons. The van der Waals surface area contributed by atoms with Crippen molar-refractivity contribution in [2.24, 2.45) is 0 Å². The van der Waals surface area contributed by atoms with E-state index in [1.54, 1.807) is 0 Å². The van der Waals surface area contributed by atoms with Crippen molar-refractivity contribution in [1.82, 2.24) is 49.9 Å². The number of nitrogens with two attached hydrogens (primary N) is 1. The van der Waals surface area contributed by atoms with Gasteiger partial charge in [0.1, 0.15) is 24.4 Å². The van der Waals surface area contributed by atoms with Crippen LogP contribution in [0.15, 0.2) is 15.9 Å². The minimum Gasteiger partial charge on any atom is -0.369 e. The average Bonchev–Trinajstić information content (AvgIpc) is 3.72. The summed E-state index contributed by atoms with van der Waals surface area (Å²) in [6, 6.07) is 0. The number of nitrogens with zero attached hydrogens (tertiary/aromatic N) is 8. The molecule has 45 heavy (non-hydrogen) atoms. The number of ether oxygens (including phenoxy) is 2. The Morgan fingerprint density at radius 3 is 2.36 bits per heavy atom. The maximum Gasteiger partial charge on any atom is 0.472 e. The SMILES string of the molecule is Nc1nc2c(nnn2[C@@H]2O[C@@H]3COP(=O)(O)O[C@H]4[C@H](F)[C@H](n5nnc6c(=O)[nH]cnc65)O[C@@H]4COP(O)(=S)O[C@@H]2[C@@H]3F)c(=O)[nH]1. The number of nitrogens with one attached hydrogen (secondary N) is 2. The predicted octanol–water partition coefficient (Wildman–Crippen LogP) is -1.77. The van der Waals surface area contributed by atoms with E-state index >= 15 is 8.78 Å². The van der Waals surface area contributed by atoms with Crippen LogP contribution in [0.4, 0.5) is 14.7 Å². The number of halogens is 2. The zero-order valence-electron chi connectivity index (χ0n) is 21.9. The van der Waals surface area contributed by atoms with Crippen LogP contribution in [0.1, 0.15) is 12.5 Å². The third-order valence-corrected chi connectivity index (χ3v) is 9.49. The Balaban J connectivity index is 1.21. The first kappa shape index (κ1) is 30.4. The summed E-state index contributed by atoms with van der Waals surface area (Å²) in [6.07, 6.45) is -13.9. The Morgan fingerprint density at radius 2 is 1.60 bits per heavy atom. The highest BCUT2D eigenvalue weighted by atomic mass is 32.5. The number of aromatic amines is 2. The van der Waals surface area contributed by atoms with Crippen molar-refractivity contribution in [3.8, 4) is 0 Å². The van der Waals surface area contributed by atoms with E-state index in [-0.39, 0.29) is 28.3 Å². The van der Waals surface area contributed by atoms with Crippen molar-refractivity contribution in [3.05, 3.63) is 27.0 Å². The quantitative estimate of drug-likeness (QED) is 0.145. The summed E-state index contributed by atoms with van der Waals surface area (Å²) in [7, 11) is -5.21. The molecule has 6 N–H and O–H groups in total. The van der Waals surface area contributed by atoms with E-state index in [1.165, 1.54) is 0 Å². The van der Waals surface area contributed by atoms with Crippen LogP contribution in [0.5, 0.6) is 0 Å². The van der Waals surface area contributed by atoms with Crippen LogP contribution in [0.25, 0.3) is 22.3 Å². The summed E-state index contributed by atoms with van der Waals surface area (Å²) >= 11 is 5.08. The molecule has 4 aromatic rings. The van der Waals surface area contributed by atoms with E-state index in [0.29, 0.717) is 0 Å². The van der Waals surface area contributed by atoms with Crippen LogP contribution in [0, 0.1) is 0 Å². The fourth-order valence-electron chi connectivity index (χ4n) is 4.97. The molecule has 3 aliphatic heterocycles. The average molecular weight is 697 g/mol. The number of aromatic nitrogens is 10. The highest BCUT2D eigenvalue weighted by Gasteiger charge is 2.55. The lowest BCUT2D eigenvalue weighted by Crippen LogP contribution is -2.34. The standard InChI is InChI=1S/C18H19F2N11O11P2S/c19-6-4-1-37-43(34,35)41-10-5(40-16(7(10)20)30-12-8(26-28-30)14(32)23-3-22-12)2-38-44(36,45)42-11(6)17(39-4)31-13-9(27-29-31)15(33)25-18(21)24-13/h3-7,10-11,16-17H,1-2H2,(H,34,35)(H,36,45)(H,22,23,32)(H3,21,24,25,33)/t4-,5-,6-,7+,10-,11-,16-,17-,44?/m1/s1. The van der Waals surface area contributed by atoms with Gasteiger partial charge >= 0.3 is 14.5 Å². The summed E-state index contributed by atoms with van der Waals surface area (Å²) in [5.74, 6) is -0.337. The van der Waals surface area contributed by atoms with E-state index in [9.17, 15) is 23.9 Å². The van der Waals surface area contributed by atoms with E-state index < -0.39 is 88.1 Å². The highest BCUT2D eigenvalue weighted by molar-refractivity contribution is 8.07. The number of phosphoric ester groups is 1. The van der Waals surface area contributed by atoms with Gasteiger partial charge in [0.2, 0.25) is 5.95 Å². The molecule has 0 aromatic carbocycles. The van der Waals surface area contributed by atoms with Crippen molar-refractivity contribution >= 4 is 54.6 Å². The molecule has 7 rings (SSSR count). The number of fused-ring (bicyclic) bond motifs is 5. The third kappa shape index (κ3) is 5.38. The molecule has 0 saturated carbocycles. The lowest BCUT2D eigenvalue weighted by molar-refractivity contribution is -0.0680. The van der Waals surface area contributed by atoms with Gasteiger partial charge in [0.05, 0.1) is 19.5 Å². The maximum atomic E-state index is 15.8. The van der Waals surface area contributed by atoms with E-state index in [0.717, 1.165) is 15.7 Å². The molecule has 0 radical (unpaired) electrons. The number of rotatable bonds is 2. The highest BCUT2D eigenvalue weighted by Crippen LogP contribution is 2.54. The molecule has 2 unspecified atom stereocenters. The number of H-pyrrole nitrogens is 2. The van der Waals surface area contributed by atoms with Crippen LogP contribution in [0.2, 0.25) is 0 Å². The van der Waals surface area contributed by atoms with Gasteiger partial charge in [-0.25, -0.2) is 18.3 Å². The lowest BCUT2D eigenvalue weighted by atomic mass is 10.1. The van der Waals surface area contributed by atoms with E-state index in [4.69, 9.17) is 45.1 Å². The second-order valence-corrected chi connectivity index (χ2v) is 14.0. The molecular formula is C18H19F2N11O11P2S. The smallest absolute Gasteiger partial charge is 0.369 e. The molecule has 10 atom stereocenters. The Labute approximate surface area is 250 Å². The first-order valence-corrected chi connectivity index (χ1v) is 16.7. The van der Waals surface area contributed by atoms with Gasteiger partial charge < -0.3 is 34.5 Å². The van der Waals surface area contributed by atoms with Gasteiger partial charge in [-0.05, 0) is 11.8 Å². The second kappa shape index (κ2) is 10.9. The maximum absolute atomic E-state index is 15.8. The number of phosphoric acid groups is 1. The van der Waals surface area contributed by atoms with Crippen LogP contribution in [0.3, 0.4) is 0 Å². The van der Waals surface area contributed by atoms with Crippen LogP contribution >= 0.6 is 14.5 Å². The number of anilines is 1. The number of hydrogen-bond acceptors (Lipinski definition) is 17. The Bertz CT molecular complexity index is 2010. The van der Waals surface area contributed by atoms with E-state index in [2.05, 4.69) is 40.6 Å². The molecule has 2 bridgehead atoms. The summed E-state index contributed by atoms with van der Waals surface area (Å²) in [5, 5.41) is 14.8. The molecular weight excluding hydrogens is 678 g/mol. The molecule has 0 aliphatic carbocycles. The summed E-state index contributed by atoms with van der Waals surface area (Å²) in [4.78, 5) is 58.0. The molecule has 4 aromatic heterocycles. The summed E-state index contributed by atoms with van der Waals surface area (Å²) in [6.45, 7) is -6.26. The van der Waals surface area contributed by atoms with Gasteiger partial charge in [-0.1, -0.05) is 10.4 Å². The van der Waals surface area contributed by atoms with Gasteiger partial charge in [0.25, 0.3) is 11.1 Å². The minimum absolute atomic E-state index is 0.187. The Morgan fingerprint density at radius 1 is 0.933 bits per heavy atom. The zero-order valence-corrected chi connectivity index (χ0v) is 24.5. The first-order valence-electron chi connectivity index (χ1n) is 12.6. The summed E-state index contributed by atoms with van der Waals surface area (Å²) in [5.41, 5.74) is 3.16. The predicted molar refractivity (Wildman–Crippen MR) is 142 cm³/mol. The van der Waals surface area contributed by atoms with Gasteiger partial charge in [-0.3, -0.25) is 28.1 Å². The molecule has 3 aliphatic rings. The van der Waals surface area contributed by atoms with Gasteiger partial charge in [-0.15, -0.1) is 10.2 Å². The molecule has 7 heterocycles. The third-order valence-electron chi connectivity index (χ3n) is 6.95. The van der Waals surface area contributed by atoms with Crippen molar-refractivity contribution in [2.75, 3.05) is 18.9 Å². The fraction of sp³-hybridized carbons (Fsp3) is 0.556. The topological polar surface area (TPSA) is 292 Å². The van der Waals surface area contributed by atoms with Gasteiger partial charge in [0, 0.05) is 0 Å². The molecule has 3 fully saturated rings. The second-order valence-electron chi connectivity index (χ2n) is 9.78. The largest absolute Gasteiger partial charge is 0.472 e. The van der Waals surface area contributed by atoms with Crippen LogP contribution in [-0.2, 0) is 43.9 Å². The molecule has 0 amide bonds. The molecule has 22 nitrogen and oxygen atoms in total.